The fourth-order valence-corrected chi connectivity index (χ4v) is 4.57. The molecule has 1 N–H and O–H groups in total. The van der Waals surface area contributed by atoms with E-state index in [0.29, 0.717) is 0 Å². The van der Waals surface area contributed by atoms with E-state index in [9.17, 15) is 5.11 Å². The molecule has 5 nitrogen and oxygen atoms in total. The summed E-state index contributed by atoms with van der Waals surface area (Å²) in [6, 6.07) is 13.6. The summed E-state index contributed by atoms with van der Waals surface area (Å²) in [4.78, 5) is 0. The number of aromatic hydroxyl groups is 1. The fraction of sp³-hybridized carbons (Fsp3) is 0.381. The van der Waals surface area contributed by atoms with Crippen LogP contribution >= 0.6 is 0 Å². The molecule has 26 heavy (non-hydrogen) atoms. The Balaban J connectivity index is 1.64. The van der Waals surface area contributed by atoms with Gasteiger partial charge in [-0.1, -0.05) is 24.3 Å². The molecular formula is C21H22N2O3. The van der Waals surface area contributed by atoms with Crippen LogP contribution in [-0.2, 0) is 0 Å². The van der Waals surface area contributed by atoms with Gasteiger partial charge in [0.25, 0.3) is 0 Å². The third-order valence-corrected chi connectivity index (χ3v) is 5.81. The molecule has 1 atom stereocenters. The maximum Gasteiger partial charge on any atom is 0.198 e. The molecule has 2 aromatic carbocycles. The van der Waals surface area contributed by atoms with Gasteiger partial charge < -0.3 is 14.6 Å². The first-order chi connectivity index (χ1) is 12.7. The number of para-hydroxylation sites is 2. The normalized spacial score (nSPS) is 22.6. The highest BCUT2D eigenvalue weighted by Gasteiger charge is 2.52. The van der Waals surface area contributed by atoms with Crippen LogP contribution < -0.4 is 9.47 Å². The Hall–Kier alpha value is -2.69. The monoisotopic (exact) mass is 350 g/mol. The zero-order chi connectivity index (χ0) is 17.7. The van der Waals surface area contributed by atoms with Crippen LogP contribution in [0.15, 0.2) is 47.6 Å². The van der Waals surface area contributed by atoms with Crippen molar-refractivity contribution in [2.24, 2.45) is 5.10 Å². The van der Waals surface area contributed by atoms with Crippen LogP contribution in [0.2, 0.25) is 0 Å². The molecule has 0 bridgehead atoms. The average Bonchev–Trinajstić information content (AvgIpc) is 3.30. The number of phenolic OH excluding ortho intramolecular Hbond substituents is 1. The topological polar surface area (TPSA) is 54.3 Å². The number of nitrogens with zero attached hydrogens (tertiary/aromatic N) is 2. The van der Waals surface area contributed by atoms with Crippen LogP contribution in [0.25, 0.3) is 0 Å². The van der Waals surface area contributed by atoms with Gasteiger partial charge in [-0.3, -0.25) is 0 Å². The molecule has 1 fully saturated rings. The molecule has 0 unspecified atom stereocenters. The SMILES string of the molecule is COc1cccc2c1OC1(CCCC1)N1N=C(c3ccccc3O)C[C@@H]21. The number of hydrogen-bond donors (Lipinski definition) is 1. The number of fused-ring (bicyclic) bond motifs is 4. The van der Waals surface area contributed by atoms with E-state index in [-0.39, 0.29) is 11.8 Å². The van der Waals surface area contributed by atoms with Crippen molar-refractivity contribution in [2.75, 3.05) is 7.11 Å². The zero-order valence-corrected chi connectivity index (χ0v) is 14.8. The highest BCUT2D eigenvalue weighted by molar-refractivity contribution is 6.04. The smallest absolute Gasteiger partial charge is 0.198 e. The van der Waals surface area contributed by atoms with Gasteiger partial charge in [0.15, 0.2) is 17.2 Å². The Kier molecular flexibility index (Phi) is 3.39. The maximum absolute atomic E-state index is 10.3. The van der Waals surface area contributed by atoms with E-state index in [1.54, 1.807) is 13.2 Å². The summed E-state index contributed by atoms with van der Waals surface area (Å²) >= 11 is 0. The van der Waals surface area contributed by atoms with Crippen LogP contribution in [0.5, 0.6) is 17.2 Å². The zero-order valence-electron chi connectivity index (χ0n) is 14.8. The lowest BCUT2D eigenvalue weighted by Gasteiger charge is -2.46. The van der Waals surface area contributed by atoms with Crippen LogP contribution in [0.4, 0.5) is 0 Å². The van der Waals surface area contributed by atoms with Gasteiger partial charge in [-0.2, -0.15) is 5.10 Å². The lowest BCUT2D eigenvalue weighted by molar-refractivity contribution is -0.115. The Morgan fingerprint density at radius 2 is 1.96 bits per heavy atom. The molecule has 1 aliphatic carbocycles. The summed E-state index contributed by atoms with van der Waals surface area (Å²) < 4.78 is 12.1. The van der Waals surface area contributed by atoms with Crippen molar-refractivity contribution in [1.29, 1.82) is 0 Å². The summed E-state index contributed by atoms with van der Waals surface area (Å²) in [5.41, 5.74) is 2.42. The number of ether oxygens (including phenoxy) is 2. The molecule has 1 saturated carbocycles. The van der Waals surface area contributed by atoms with Gasteiger partial charge in [0.2, 0.25) is 0 Å². The second-order valence-electron chi connectivity index (χ2n) is 7.26. The van der Waals surface area contributed by atoms with E-state index in [0.717, 1.165) is 60.4 Å². The van der Waals surface area contributed by atoms with E-state index in [1.165, 1.54) is 0 Å². The highest BCUT2D eigenvalue weighted by atomic mass is 16.5. The van der Waals surface area contributed by atoms with Crippen LogP contribution in [0.3, 0.4) is 0 Å². The predicted molar refractivity (Wildman–Crippen MR) is 98.7 cm³/mol. The molecule has 2 heterocycles. The number of phenols is 1. The number of benzene rings is 2. The second kappa shape index (κ2) is 5.66. The van der Waals surface area contributed by atoms with E-state index in [2.05, 4.69) is 11.1 Å². The quantitative estimate of drug-likeness (QED) is 0.881. The van der Waals surface area contributed by atoms with Crippen molar-refractivity contribution in [3.8, 4) is 17.2 Å². The standard InChI is InChI=1S/C21H22N2O3/c1-25-19-10-6-8-15-17-13-16(14-7-2-3-9-18(14)24)22-23(17)21(26-20(15)19)11-4-5-12-21/h2-3,6-10,17,24H,4-5,11-13H2,1H3/t17-/m0/s1. The Labute approximate surface area is 152 Å². The van der Waals surface area contributed by atoms with Crippen LogP contribution in [0, 0.1) is 0 Å². The summed E-state index contributed by atoms with van der Waals surface area (Å²) in [5.74, 6) is 1.91. The lowest BCUT2D eigenvalue weighted by Crippen LogP contribution is -2.51. The first-order valence-corrected chi connectivity index (χ1v) is 9.23. The van der Waals surface area contributed by atoms with Crippen molar-refractivity contribution >= 4 is 5.71 Å². The maximum atomic E-state index is 10.3. The lowest BCUT2D eigenvalue weighted by atomic mass is 9.93. The summed E-state index contributed by atoms with van der Waals surface area (Å²) in [7, 11) is 1.69. The largest absolute Gasteiger partial charge is 0.507 e. The first-order valence-electron chi connectivity index (χ1n) is 9.23. The van der Waals surface area contributed by atoms with E-state index in [1.807, 2.05) is 30.3 Å². The molecule has 0 saturated heterocycles. The minimum absolute atomic E-state index is 0.113. The number of rotatable bonds is 2. The third-order valence-electron chi connectivity index (χ3n) is 5.81. The summed E-state index contributed by atoms with van der Waals surface area (Å²) in [6.45, 7) is 0. The molecule has 3 aliphatic rings. The molecule has 2 aliphatic heterocycles. The minimum atomic E-state index is -0.404. The molecule has 0 radical (unpaired) electrons. The Morgan fingerprint density at radius 3 is 2.73 bits per heavy atom. The van der Waals surface area contributed by atoms with E-state index in [4.69, 9.17) is 14.6 Å². The van der Waals surface area contributed by atoms with Gasteiger partial charge >= 0.3 is 0 Å². The average molecular weight is 350 g/mol. The van der Waals surface area contributed by atoms with Gasteiger partial charge in [-0.25, -0.2) is 5.01 Å². The molecule has 5 rings (SSSR count). The fourth-order valence-electron chi connectivity index (χ4n) is 4.57. The van der Waals surface area contributed by atoms with Crippen LogP contribution in [-0.4, -0.2) is 28.7 Å². The van der Waals surface area contributed by atoms with Gasteiger partial charge in [-0.05, 0) is 31.0 Å². The van der Waals surface area contributed by atoms with Crippen molar-refractivity contribution in [3.05, 3.63) is 53.6 Å². The molecule has 2 aromatic rings. The number of hydrazone groups is 1. The number of methoxy groups -OCH3 is 1. The van der Waals surface area contributed by atoms with Gasteiger partial charge in [0, 0.05) is 30.4 Å². The first kappa shape index (κ1) is 15.6. The summed E-state index contributed by atoms with van der Waals surface area (Å²) in [6.07, 6.45) is 4.93. The molecule has 0 aromatic heterocycles. The summed E-state index contributed by atoms with van der Waals surface area (Å²) in [5, 5.41) is 17.4. The Morgan fingerprint density at radius 1 is 1.15 bits per heavy atom. The Bertz CT molecular complexity index is 887. The molecule has 134 valence electrons. The molecule has 1 spiro atoms. The molecule has 0 amide bonds. The predicted octanol–water partition coefficient (Wildman–Crippen LogP) is 4.21. The molecule has 5 heteroatoms. The van der Waals surface area contributed by atoms with Crippen LogP contribution in [0.1, 0.15) is 49.3 Å². The van der Waals surface area contributed by atoms with Crippen molar-refractivity contribution in [2.45, 2.75) is 43.9 Å². The van der Waals surface area contributed by atoms with Gasteiger partial charge in [0.1, 0.15) is 5.75 Å². The van der Waals surface area contributed by atoms with E-state index < -0.39 is 5.72 Å². The number of hydrogen-bond acceptors (Lipinski definition) is 5. The van der Waals surface area contributed by atoms with Gasteiger partial charge in [-0.15, -0.1) is 0 Å². The van der Waals surface area contributed by atoms with Crippen molar-refractivity contribution in [3.63, 3.8) is 0 Å². The highest BCUT2D eigenvalue weighted by Crippen LogP contribution is 2.54. The van der Waals surface area contributed by atoms with Crippen molar-refractivity contribution < 1.29 is 14.6 Å². The van der Waals surface area contributed by atoms with Gasteiger partial charge in [0.05, 0.1) is 18.9 Å². The van der Waals surface area contributed by atoms with E-state index >= 15 is 0 Å². The minimum Gasteiger partial charge on any atom is -0.507 e. The van der Waals surface area contributed by atoms with Crippen molar-refractivity contribution in [1.82, 2.24) is 5.01 Å². The third kappa shape index (κ3) is 2.13. The second-order valence-corrected chi connectivity index (χ2v) is 7.26. The molecular weight excluding hydrogens is 328 g/mol.